The van der Waals surface area contributed by atoms with Gasteiger partial charge in [-0.3, -0.25) is 4.79 Å². The van der Waals surface area contributed by atoms with E-state index >= 15 is 0 Å². The second-order valence-electron chi connectivity index (χ2n) is 11.8. The van der Waals surface area contributed by atoms with Crippen LogP contribution in [0.25, 0.3) is 10.6 Å². The fourth-order valence-corrected chi connectivity index (χ4v) is 8.82. The van der Waals surface area contributed by atoms with Gasteiger partial charge in [0.05, 0.1) is 27.8 Å². The topological polar surface area (TPSA) is 128 Å². The van der Waals surface area contributed by atoms with Crippen LogP contribution in [0.5, 0.6) is 0 Å². The van der Waals surface area contributed by atoms with Crippen LogP contribution in [-0.4, -0.2) is 84.9 Å². The molecule has 10 nitrogen and oxygen atoms in total. The Morgan fingerprint density at radius 1 is 1.14 bits per heavy atom. The average molecular weight is 649 g/mol. The third kappa shape index (κ3) is 5.66. The van der Waals surface area contributed by atoms with Crippen molar-refractivity contribution in [2.24, 2.45) is 0 Å². The van der Waals surface area contributed by atoms with E-state index in [1.165, 1.54) is 4.90 Å². The molecular formula is C29H31F3N6O4S2. The number of thiophene rings is 1. The summed E-state index contributed by atoms with van der Waals surface area (Å²) < 4.78 is 68.7. The Kier molecular flexibility index (Phi) is 7.34. The van der Waals surface area contributed by atoms with Crippen molar-refractivity contribution in [1.82, 2.24) is 20.2 Å². The van der Waals surface area contributed by atoms with E-state index in [9.17, 15) is 31.5 Å². The molecule has 1 amide bonds. The number of benzene rings is 1. The largest absolute Gasteiger partial charge is 0.420 e. The molecule has 1 unspecified atom stereocenters. The maximum atomic E-state index is 14.2. The number of carbonyl (C=O) groups is 1. The Bertz CT molecular complexity index is 1720. The number of aliphatic hydroxyl groups excluding tert-OH is 1. The van der Waals surface area contributed by atoms with Crippen molar-refractivity contribution in [1.29, 1.82) is 0 Å². The number of aromatic nitrogens is 2. The molecule has 2 aliphatic carbocycles. The lowest BCUT2D eigenvalue weighted by Gasteiger charge is -2.35. The summed E-state index contributed by atoms with van der Waals surface area (Å²) >= 11 is 0.727. The van der Waals surface area contributed by atoms with E-state index in [0.29, 0.717) is 24.3 Å². The number of nitrogens with one attached hydrogen (secondary N) is 2. The lowest BCUT2D eigenvalue weighted by atomic mass is 10.1. The Hall–Kier alpha value is -3.27. The molecule has 0 spiro atoms. The average Bonchev–Trinajstić information content (AvgIpc) is 3.94. The van der Waals surface area contributed by atoms with E-state index in [-0.39, 0.29) is 51.6 Å². The number of nitrogens with zero attached hydrogens (tertiary/aromatic N) is 4. The molecule has 0 radical (unpaired) electrons. The number of rotatable bonds is 7. The Morgan fingerprint density at radius 3 is 2.64 bits per heavy atom. The number of anilines is 3. The van der Waals surface area contributed by atoms with Crippen LogP contribution in [0.15, 0.2) is 35.4 Å². The van der Waals surface area contributed by atoms with Crippen molar-refractivity contribution in [3.63, 3.8) is 0 Å². The van der Waals surface area contributed by atoms with Gasteiger partial charge in [-0.25, -0.2) is 18.4 Å². The summed E-state index contributed by atoms with van der Waals surface area (Å²) in [6, 6.07) is 6.96. The van der Waals surface area contributed by atoms with Gasteiger partial charge < -0.3 is 25.5 Å². The molecular weight excluding hydrogens is 617 g/mol. The van der Waals surface area contributed by atoms with Gasteiger partial charge in [0.15, 0.2) is 9.84 Å². The number of hydrogen-bond acceptors (Lipinski definition) is 10. The third-order valence-corrected chi connectivity index (χ3v) is 11.5. The number of alkyl halides is 3. The first-order valence-electron chi connectivity index (χ1n) is 14.6. The van der Waals surface area contributed by atoms with Crippen LogP contribution in [0.1, 0.15) is 52.4 Å². The molecule has 1 saturated heterocycles. The molecule has 4 heterocycles. The second-order valence-corrected chi connectivity index (χ2v) is 14.9. The standard InChI is InChI=1S/C29H31F3N6O4S2/c30-29(31,32)21-13-34-28(35-22-6-5-19(11-20(22)16-1-2-16)37-8-7-33-17(14-37)15-39)36-25(21)23-12-24-26(43-23)27(40)38(18-3-4-18)9-10-44(24,41)42/h5-6,11-13,16-18,33,39H,1-4,7-10,14-15H2,(H,34,35,36). The molecule has 234 valence electrons. The fraction of sp³-hybridized carbons (Fsp3) is 0.483. The molecule has 2 aliphatic heterocycles. The van der Waals surface area contributed by atoms with Crippen molar-refractivity contribution in [2.75, 3.05) is 48.8 Å². The molecule has 7 rings (SSSR count). The number of piperazine rings is 1. The molecule has 3 fully saturated rings. The highest BCUT2D eigenvalue weighted by Crippen LogP contribution is 2.46. The van der Waals surface area contributed by atoms with E-state index in [0.717, 1.165) is 67.4 Å². The Labute approximate surface area is 256 Å². The molecule has 15 heteroatoms. The summed E-state index contributed by atoms with van der Waals surface area (Å²) in [5.41, 5.74) is 1.09. The monoisotopic (exact) mass is 648 g/mol. The van der Waals surface area contributed by atoms with Crippen LogP contribution in [0.3, 0.4) is 0 Å². The first-order valence-corrected chi connectivity index (χ1v) is 17.1. The minimum absolute atomic E-state index is 0.0285. The first-order chi connectivity index (χ1) is 21.0. The predicted octanol–water partition coefficient (Wildman–Crippen LogP) is 4.01. The van der Waals surface area contributed by atoms with Crippen molar-refractivity contribution < 1.29 is 31.5 Å². The molecule has 3 N–H and O–H groups in total. The van der Waals surface area contributed by atoms with Crippen LogP contribution in [0.2, 0.25) is 0 Å². The molecule has 1 atom stereocenters. The highest BCUT2D eigenvalue weighted by Gasteiger charge is 2.42. The van der Waals surface area contributed by atoms with Gasteiger partial charge in [-0.15, -0.1) is 11.3 Å². The van der Waals surface area contributed by atoms with Crippen LogP contribution >= 0.6 is 11.3 Å². The lowest BCUT2D eigenvalue weighted by Crippen LogP contribution is -2.52. The predicted molar refractivity (Wildman–Crippen MR) is 159 cm³/mol. The van der Waals surface area contributed by atoms with E-state index in [1.54, 1.807) is 0 Å². The van der Waals surface area contributed by atoms with E-state index in [4.69, 9.17) is 0 Å². The lowest BCUT2D eigenvalue weighted by molar-refractivity contribution is -0.137. The number of carbonyl (C=O) groups excluding carboxylic acids is 1. The molecule has 1 aromatic carbocycles. The summed E-state index contributed by atoms with van der Waals surface area (Å²) in [4.78, 5) is 24.9. The highest BCUT2D eigenvalue weighted by molar-refractivity contribution is 7.91. The minimum atomic E-state index is -4.81. The smallest absolute Gasteiger partial charge is 0.395 e. The van der Waals surface area contributed by atoms with Crippen LogP contribution in [0.4, 0.5) is 30.5 Å². The van der Waals surface area contributed by atoms with E-state index < -0.39 is 33.2 Å². The van der Waals surface area contributed by atoms with Crippen LogP contribution in [-0.2, 0) is 16.0 Å². The summed E-state index contributed by atoms with van der Waals surface area (Å²) in [6.07, 6.45) is -0.585. The molecule has 3 aromatic rings. The first kappa shape index (κ1) is 29.4. The van der Waals surface area contributed by atoms with Crippen molar-refractivity contribution in [2.45, 2.75) is 54.8 Å². The van der Waals surface area contributed by atoms with Crippen molar-refractivity contribution in [3.05, 3.63) is 46.5 Å². The number of hydrogen-bond donors (Lipinski definition) is 3. The van der Waals surface area contributed by atoms with Crippen LogP contribution in [0, 0.1) is 0 Å². The van der Waals surface area contributed by atoms with Crippen molar-refractivity contribution in [3.8, 4) is 10.6 Å². The summed E-state index contributed by atoms with van der Waals surface area (Å²) in [5.74, 6) is -0.524. The minimum Gasteiger partial charge on any atom is -0.395 e. The highest BCUT2D eigenvalue weighted by atomic mass is 32.2. The number of halogens is 3. The zero-order valence-corrected chi connectivity index (χ0v) is 25.2. The maximum Gasteiger partial charge on any atom is 0.420 e. The van der Waals surface area contributed by atoms with Gasteiger partial charge in [-0.2, -0.15) is 13.2 Å². The summed E-state index contributed by atoms with van der Waals surface area (Å²) in [7, 11) is -3.89. The fourth-order valence-electron chi connectivity index (χ4n) is 5.90. The SMILES string of the molecule is O=C1c2sc(-c3nc(Nc4ccc(N5CCNC(CO)C5)cc4C4CC4)ncc3C(F)(F)F)cc2S(=O)(=O)CCN1C1CC1. The van der Waals surface area contributed by atoms with Gasteiger partial charge in [0.1, 0.15) is 10.4 Å². The van der Waals surface area contributed by atoms with Gasteiger partial charge in [0, 0.05) is 55.8 Å². The number of aliphatic hydroxyl groups is 1. The molecule has 2 aromatic heterocycles. The third-order valence-electron chi connectivity index (χ3n) is 8.54. The van der Waals surface area contributed by atoms with Crippen molar-refractivity contribution >= 4 is 44.4 Å². The number of sulfone groups is 1. The Morgan fingerprint density at radius 2 is 1.93 bits per heavy atom. The van der Waals surface area contributed by atoms with Crippen LogP contribution < -0.4 is 15.5 Å². The summed E-state index contributed by atoms with van der Waals surface area (Å²) in [5, 5.41) is 16.0. The van der Waals surface area contributed by atoms with Gasteiger partial charge in [-0.05, 0) is 61.4 Å². The van der Waals surface area contributed by atoms with E-state index in [2.05, 4.69) is 31.6 Å². The Balaban J connectivity index is 1.25. The number of amides is 1. The molecule has 0 bridgehead atoms. The van der Waals surface area contributed by atoms with E-state index in [1.807, 2.05) is 12.1 Å². The van der Waals surface area contributed by atoms with Gasteiger partial charge in [-0.1, -0.05) is 0 Å². The zero-order valence-electron chi connectivity index (χ0n) is 23.6. The normalized spacial score (nSPS) is 22.1. The second kappa shape index (κ2) is 11.0. The molecule has 2 saturated carbocycles. The maximum absolute atomic E-state index is 14.2. The molecule has 44 heavy (non-hydrogen) atoms. The zero-order chi connectivity index (χ0) is 30.8. The van der Waals surface area contributed by atoms with Gasteiger partial charge in [0.25, 0.3) is 5.91 Å². The summed E-state index contributed by atoms with van der Waals surface area (Å²) in [6.45, 7) is 2.27. The van der Waals surface area contributed by atoms with Gasteiger partial charge in [0.2, 0.25) is 5.95 Å². The van der Waals surface area contributed by atoms with Gasteiger partial charge >= 0.3 is 6.18 Å². The molecule has 4 aliphatic rings. The quantitative estimate of drug-likeness (QED) is 0.348. The number of fused-ring (bicyclic) bond motifs is 1.